The van der Waals surface area contributed by atoms with Crippen LogP contribution in [0.2, 0.25) is 0 Å². The smallest absolute Gasteiger partial charge is 0.317 e. The van der Waals surface area contributed by atoms with Gasteiger partial charge in [-0.15, -0.1) is 12.4 Å². The molecule has 0 saturated carbocycles. The summed E-state index contributed by atoms with van der Waals surface area (Å²) in [4.78, 5) is 35.6. The summed E-state index contributed by atoms with van der Waals surface area (Å²) in [6.07, 6.45) is 5.60. The van der Waals surface area contributed by atoms with Gasteiger partial charge in [-0.3, -0.25) is 19.6 Å². The first-order chi connectivity index (χ1) is 31.4. The first-order valence-corrected chi connectivity index (χ1v) is 22.5. The monoisotopic (exact) mass is 922 g/mol. The Morgan fingerprint density at radius 3 is 1.24 bits per heavy atom. The molecule has 0 fully saturated rings. The molecule has 0 radical (unpaired) electrons. The molecular formula is C53H63ClN2O10. The van der Waals surface area contributed by atoms with Crippen LogP contribution in [0.15, 0.2) is 73.1 Å². The molecule has 6 aromatic rings. The predicted molar refractivity (Wildman–Crippen MR) is 259 cm³/mol. The zero-order valence-electron chi connectivity index (χ0n) is 39.8. The Bertz CT molecular complexity index is 2450. The molecule has 0 aliphatic rings. The standard InChI is InChI=1S/C53H62N2O10.ClH/c1-11-34-15-17-36(42(13-3)50(34)62-30-38-26-54-46-21-19-40(58-9)23-44(46)52(38)64-32(5)6)28-60-48(56)25-49(57)61-29-37-18-16-35(12-2)51(43(37)14-4)63-31-39-27-55-47-22-20-41(59-10)24-45(47)53(39)65-33(7)8;/h15-24,26-27,32-33H,11-14,25,28-31H2,1-10H3;1H. The van der Waals surface area contributed by atoms with E-state index in [2.05, 4.69) is 23.8 Å². The number of aryl methyl sites for hydroxylation is 2. The van der Waals surface area contributed by atoms with Crippen LogP contribution < -0.4 is 28.4 Å². The number of hydrogen-bond acceptors (Lipinski definition) is 12. The van der Waals surface area contributed by atoms with Gasteiger partial charge in [-0.2, -0.15) is 0 Å². The molecule has 0 saturated heterocycles. The van der Waals surface area contributed by atoms with Gasteiger partial charge in [0.2, 0.25) is 0 Å². The van der Waals surface area contributed by atoms with Crippen molar-refractivity contribution in [1.29, 1.82) is 0 Å². The van der Waals surface area contributed by atoms with Crippen LogP contribution in [-0.2, 0) is 71.2 Å². The highest BCUT2D eigenvalue weighted by Gasteiger charge is 2.22. The third kappa shape index (κ3) is 12.1. The molecule has 0 amide bonds. The number of pyridine rings is 2. The summed E-state index contributed by atoms with van der Waals surface area (Å²) in [5, 5.41) is 1.67. The van der Waals surface area contributed by atoms with Gasteiger partial charge in [0.25, 0.3) is 0 Å². The van der Waals surface area contributed by atoms with Crippen LogP contribution in [0.25, 0.3) is 21.8 Å². The highest BCUT2D eigenvalue weighted by atomic mass is 35.5. The van der Waals surface area contributed by atoms with E-state index in [1.54, 1.807) is 26.6 Å². The van der Waals surface area contributed by atoms with Gasteiger partial charge >= 0.3 is 11.9 Å². The Kier molecular flexibility index (Phi) is 18.3. The van der Waals surface area contributed by atoms with Crippen LogP contribution in [0.1, 0.15) is 106 Å². The Balaban J connectivity index is 0.00000817. The molecule has 6 rings (SSSR count). The van der Waals surface area contributed by atoms with E-state index in [-0.39, 0.29) is 51.0 Å². The van der Waals surface area contributed by atoms with Gasteiger partial charge in [-0.25, -0.2) is 0 Å². The van der Waals surface area contributed by atoms with Crippen LogP contribution in [0.5, 0.6) is 34.5 Å². The average molecular weight is 924 g/mol. The second-order valence-corrected chi connectivity index (χ2v) is 16.2. The van der Waals surface area contributed by atoms with E-state index in [0.717, 1.165) is 90.7 Å². The second kappa shape index (κ2) is 23.8. The van der Waals surface area contributed by atoms with E-state index in [0.29, 0.717) is 35.8 Å². The Morgan fingerprint density at radius 2 is 0.894 bits per heavy atom. The number of carbonyl (C=O) groups excluding carboxylic acids is 2. The van der Waals surface area contributed by atoms with Crippen LogP contribution in [-0.4, -0.2) is 48.3 Å². The molecule has 0 N–H and O–H groups in total. The molecule has 12 nitrogen and oxygen atoms in total. The Hall–Kier alpha value is -6.27. The van der Waals surface area contributed by atoms with Crippen molar-refractivity contribution in [3.8, 4) is 34.5 Å². The molecular weight excluding hydrogens is 860 g/mol. The van der Waals surface area contributed by atoms with Crippen LogP contribution >= 0.6 is 12.4 Å². The lowest BCUT2D eigenvalue weighted by Crippen LogP contribution is -2.15. The molecule has 0 bridgehead atoms. The maximum absolute atomic E-state index is 13.1. The molecule has 2 aromatic heterocycles. The Morgan fingerprint density at radius 1 is 0.500 bits per heavy atom. The number of benzene rings is 4. The van der Waals surface area contributed by atoms with Gasteiger partial charge in [0, 0.05) is 34.3 Å². The molecule has 2 heterocycles. The lowest BCUT2D eigenvalue weighted by Gasteiger charge is -2.21. The molecule has 0 atom stereocenters. The number of ether oxygens (including phenoxy) is 8. The zero-order chi connectivity index (χ0) is 46.6. The number of nitrogens with zero attached hydrogens (tertiary/aromatic N) is 2. The zero-order valence-corrected chi connectivity index (χ0v) is 40.6. The van der Waals surface area contributed by atoms with Crippen molar-refractivity contribution < 1.29 is 47.5 Å². The molecule has 0 spiro atoms. The minimum absolute atomic E-state index is 0. The highest BCUT2D eigenvalue weighted by Crippen LogP contribution is 2.37. The number of fused-ring (bicyclic) bond motifs is 2. The number of methoxy groups -OCH3 is 2. The van der Waals surface area contributed by atoms with Gasteiger partial charge in [0.15, 0.2) is 0 Å². The van der Waals surface area contributed by atoms with Gasteiger partial charge < -0.3 is 37.9 Å². The number of halogens is 1. The number of rotatable bonds is 22. The third-order valence-electron chi connectivity index (χ3n) is 11.1. The van der Waals surface area contributed by atoms with E-state index in [9.17, 15) is 9.59 Å². The average Bonchev–Trinajstić information content (AvgIpc) is 3.31. The van der Waals surface area contributed by atoms with E-state index >= 15 is 0 Å². The summed E-state index contributed by atoms with van der Waals surface area (Å²) in [7, 11) is 3.26. The lowest BCUT2D eigenvalue weighted by atomic mass is 9.99. The lowest BCUT2D eigenvalue weighted by molar-refractivity contribution is -0.156. The number of carbonyl (C=O) groups is 2. The maximum Gasteiger partial charge on any atom is 0.317 e. The molecule has 0 aliphatic carbocycles. The fourth-order valence-corrected chi connectivity index (χ4v) is 7.82. The number of aromatic nitrogens is 2. The molecule has 352 valence electrons. The topological polar surface area (TPSA) is 134 Å². The quantitative estimate of drug-likeness (QED) is 0.0474. The van der Waals surface area contributed by atoms with Gasteiger partial charge in [-0.05, 0) is 112 Å². The van der Waals surface area contributed by atoms with Crippen LogP contribution in [0.4, 0.5) is 0 Å². The first-order valence-electron chi connectivity index (χ1n) is 22.5. The predicted octanol–water partition coefficient (Wildman–Crippen LogP) is 11.4. The molecule has 66 heavy (non-hydrogen) atoms. The molecule has 4 aromatic carbocycles. The summed E-state index contributed by atoms with van der Waals surface area (Å²) >= 11 is 0. The second-order valence-electron chi connectivity index (χ2n) is 16.2. The molecule has 0 unspecified atom stereocenters. The fourth-order valence-electron chi connectivity index (χ4n) is 7.82. The van der Waals surface area contributed by atoms with Crippen molar-refractivity contribution in [2.75, 3.05) is 14.2 Å². The van der Waals surface area contributed by atoms with Gasteiger partial charge in [0.1, 0.15) is 67.3 Å². The summed E-state index contributed by atoms with van der Waals surface area (Å²) in [6.45, 7) is 16.5. The van der Waals surface area contributed by atoms with Crippen molar-refractivity contribution in [2.45, 2.75) is 126 Å². The Labute approximate surface area is 394 Å². The van der Waals surface area contributed by atoms with Crippen LogP contribution in [0.3, 0.4) is 0 Å². The minimum Gasteiger partial charge on any atom is -0.497 e. The van der Waals surface area contributed by atoms with E-state index in [1.165, 1.54) is 0 Å². The fraction of sp³-hybridized carbons (Fsp3) is 0.396. The largest absolute Gasteiger partial charge is 0.497 e. The van der Waals surface area contributed by atoms with Crippen molar-refractivity contribution in [2.24, 2.45) is 0 Å². The van der Waals surface area contributed by atoms with E-state index in [1.807, 2.05) is 102 Å². The van der Waals surface area contributed by atoms with E-state index in [4.69, 9.17) is 37.9 Å². The van der Waals surface area contributed by atoms with Crippen molar-refractivity contribution in [3.05, 3.63) is 118 Å². The normalized spacial score (nSPS) is 11.1. The molecule has 0 aliphatic heterocycles. The number of hydrogen-bond donors (Lipinski definition) is 0. The first kappa shape index (κ1) is 50.7. The van der Waals surface area contributed by atoms with Gasteiger partial charge in [0.05, 0.1) is 48.6 Å². The van der Waals surface area contributed by atoms with Crippen molar-refractivity contribution in [1.82, 2.24) is 9.97 Å². The van der Waals surface area contributed by atoms with Crippen LogP contribution in [0, 0.1) is 0 Å². The summed E-state index contributed by atoms with van der Waals surface area (Å²) in [5.74, 6) is 2.88. The molecule has 13 heteroatoms. The van der Waals surface area contributed by atoms with E-state index < -0.39 is 18.4 Å². The third-order valence-corrected chi connectivity index (χ3v) is 11.1. The van der Waals surface area contributed by atoms with Crippen molar-refractivity contribution in [3.63, 3.8) is 0 Å². The SMILES string of the molecule is CCc1ccc(COC(=O)CC(=O)OCc2ccc(CC)c(OCc3cnc4ccc(OC)cc4c3OC(C)C)c2CC)c(CC)c1OCc1cnc2ccc(OC)cc2c1OC(C)C.Cl. The van der Waals surface area contributed by atoms with Gasteiger partial charge in [-0.1, -0.05) is 52.0 Å². The number of esters is 2. The maximum atomic E-state index is 13.1. The summed E-state index contributed by atoms with van der Waals surface area (Å²) in [6, 6.07) is 19.3. The summed E-state index contributed by atoms with van der Waals surface area (Å²) in [5.41, 5.74) is 8.62. The highest BCUT2D eigenvalue weighted by molar-refractivity contribution is 5.91. The summed E-state index contributed by atoms with van der Waals surface area (Å²) < 4.78 is 48.1. The minimum atomic E-state index is -0.686. The van der Waals surface area contributed by atoms with Crippen molar-refractivity contribution >= 4 is 46.2 Å².